The van der Waals surface area contributed by atoms with E-state index in [1.54, 1.807) is 30.3 Å². The van der Waals surface area contributed by atoms with Gasteiger partial charge in [0.2, 0.25) is 5.91 Å². The van der Waals surface area contributed by atoms with Crippen LogP contribution in [0.1, 0.15) is 15.9 Å². The van der Waals surface area contributed by atoms with E-state index in [1.807, 2.05) is 0 Å². The van der Waals surface area contributed by atoms with E-state index in [4.69, 9.17) is 0 Å². The summed E-state index contributed by atoms with van der Waals surface area (Å²) in [5.41, 5.74) is 5.75. The van der Waals surface area contributed by atoms with Crippen LogP contribution in [0.5, 0.6) is 0 Å². The highest BCUT2D eigenvalue weighted by atomic mass is 19.1. The first-order valence-corrected chi connectivity index (χ1v) is 6.04. The van der Waals surface area contributed by atoms with E-state index in [0.29, 0.717) is 11.1 Å². The van der Waals surface area contributed by atoms with Gasteiger partial charge in [0, 0.05) is 5.56 Å². The van der Waals surface area contributed by atoms with Crippen LogP contribution in [-0.4, -0.2) is 11.8 Å². The van der Waals surface area contributed by atoms with Crippen LogP contribution in [0.25, 0.3) is 0 Å². The third-order valence-corrected chi connectivity index (χ3v) is 2.63. The van der Waals surface area contributed by atoms with Gasteiger partial charge in [-0.1, -0.05) is 30.3 Å². The van der Waals surface area contributed by atoms with Crippen molar-refractivity contribution in [2.75, 3.05) is 0 Å². The largest absolute Gasteiger partial charge is 0.273 e. The molecule has 2 rings (SSSR count). The average molecular weight is 272 g/mol. The number of halogens is 1. The topological polar surface area (TPSA) is 58.2 Å². The zero-order chi connectivity index (χ0) is 14.4. The Bertz CT molecular complexity index is 597. The Morgan fingerprint density at radius 1 is 0.900 bits per heavy atom. The third-order valence-electron chi connectivity index (χ3n) is 2.63. The second-order valence-electron chi connectivity index (χ2n) is 4.17. The summed E-state index contributed by atoms with van der Waals surface area (Å²) >= 11 is 0. The molecule has 20 heavy (non-hydrogen) atoms. The molecule has 4 nitrogen and oxygen atoms in total. The first-order chi connectivity index (χ1) is 9.65. The molecular formula is C15H13FN2O2. The molecule has 0 fully saturated rings. The van der Waals surface area contributed by atoms with Gasteiger partial charge < -0.3 is 0 Å². The maximum absolute atomic E-state index is 12.7. The molecule has 0 heterocycles. The molecule has 2 aromatic carbocycles. The summed E-state index contributed by atoms with van der Waals surface area (Å²) in [6.45, 7) is 0. The average Bonchev–Trinajstić information content (AvgIpc) is 2.48. The van der Waals surface area contributed by atoms with Crippen molar-refractivity contribution in [1.82, 2.24) is 10.9 Å². The van der Waals surface area contributed by atoms with E-state index in [1.165, 1.54) is 24.3 Å². The van der Waals surface area contributed by atoms with E-state index in [0.717, 1.165) is 0 Å². The molecule has 0 unspecified atom stereocenters. The van der Waals surface area contributed by atoms with Crippen molar-refractivity contribution in [1.29, 1.82) is 0 Å². The number of benzene rings is 2. The van der Waals surface area contributed by atoms with Crippen LogP contribution in [0.2, 0.25) is 0 Å². The summed E-state index contributed by atoms with van der Waals surface area (Å²) in [6, 6.07) is 14.1. The number of carbonyl (C=O) groups is 2. The van der Waals surface area contributed by atoms with Gasteiger partial charge in [-0.05, 0) is 29.8 Å². The molecule has 0 aliphatic heterocycles. The van der Waals surface area contributed by atoms with Crippen molar-refractivity contribution in [3.05, 3.63) is 71.5 Å². The van der Waals surface area contributed by atoms with E-state index in [-0.39, 0.29) is 18.1 Å². The lowest BCUT2D eigenvalue weighted by molar-refractivity contribution is -0.121. The van der Waals surface area contributed by atoms with E-state index in [9.17, 15) is 14.0 Å². The fourth-order valence-electron chi connectivity index (χ4n) is 1.62. The van der Waals surface area contributed by atoms with Crippen molar-refractivity contribution in [2.24, 2.45) is 0 Å². The van der Waals surface area contributed by atoms with Crippen molar-refractivity contribution < 1.29 is 14.0 Å². The summed E-state index contributed by atoms with van der Waals surface area (Å²) in [5.74, 6) is -1.12. The van der Waals surface area contributed by atoms with Crippen molar-refractivity contribution in [2.45, 2.75) is 6.42 Å². The number of amides is 2. The van der Waals surface area contributed by atoms with Crippen LogP contribution in [0.15, 0.2) is 54.6 Å². The fraction of sp³-hybridized carbons (Fsp3) is 0.0667. The van der Waals surface area contributed by atoms with Crippen LogP contribution in [0.3, 0.4) is 0 Å². The zero-order valence-electron chi connectivity index (χ0n) is 10.6. The van der Waals surface area contributed by atoms with Crippen LogP contribution in [-0.2, 0) is 11.2 Å². The Morgan fingerprint density at radius 2 is 1.55 bits per heavy atom. The number of hydrogen-bond donors (Lipinski definition) is 2. The van der Waals surface area contributed by atoms with Gasteiger partial charge in [0.25, 0.3) is 5.91 Å². The van der Waals surface area contributed by atoms with Gasteiger partial charge in [0.05, 0.1) is 6.42 Å². The lowest BCUT2D eigenvalue weighted by atomic mass is 10.1. The lowest BCUT2D eigenvalue weighted by Crippen LogP contribution is -2.42. The lowest BCUT2D eigenvalue weighted by Gasteiger charge is -2.07. The predicted molar refractivity (Wildman–Crippen MR) is 72.2 cm³/mol. The van der Waals surface area contributed by atoms with Gasteiger partial charge in [-0.25, -0.2) is 4.39 Å². The third kappa shape index (κ3) is 3.91. The molecule has 0 aliphatic carbocycles. The minimum absolute atomic E-state index is 0.0648. The predicted octanol–water partition coefficient (Wildman–Crippen LogP) is 1.83. The first kappa shape index (κ1) is 13.7. The summed E-state index contributed by atoms with van der Waals surface area (Å²) in [6.07, 6.45) is 0.0648. The minimum atomic E-state index is -0.391. The normalized spacial score (nSPS) is 9.85. The first-order valence-electron chi connectivity index (χ1n) is 6.04. The molecule has 0 aliphatic rings. The fourth-order valence-corrected chi connectivity index (χ4v) is 1.62. The number of nitrogens with one attached hydrogen (secondary N) is 2. The quantitative estimate of drug-likeness (QED) is 0.837. The molecule has 2 N–H and O–H groups in total. The molecule has 0 spiro atoms. The van der Waals surface area contributed by atoms with Crippen molar-refractivity contribution in [3.8, 4) is 0 Å². The number of rotatable bonds is 3. The zero-order valence-corrected chi connectivity index (χ0v) is 10.6. The highest BCUT2D eigenvalue weighted by Crippen LogP contribution is 2.03. The van der Waals surface area contributed by atoms with Gasteiger partial charge >= 0.3 is 0 Å². The second kappa shape index (κ2) is 6.47. The second-order valence-corrected chi connectivity index (χ2v) is 4.17. The summed E-state index contributed by atoms with van der Waals surface area (Å²) in [5, 5.41) is 0. The molecule has 0 saturated heterocycles. The number of hydrogen-bond acceptors (Lipinski definition) is 2. The number of hydrazine groups is 1. The van der Waals surface area contributed by atoms with Gasteiger partial charge in [-0.2, -0.15) is 0 Å². The molecular weight excluding hydrogens is 259 g/mol. The Labute approximate surface area is 115 Å². The van der Waals surface area contributed by atoms with E-state index in [2.05, 4.69) is 10.9 Å². The summed E-state index contributed by atoms with van der Waals surface area (Å²) < 4.78 is 12.7. The Balaban J connectivity index is 1.83. The SMILES string of the molecule is O=C(Cc1ccc(F)cc1)NNC(=O)c1ccccc1. The number of carbonyl (C=O) groups excluding carboxylic acids is 2. The monoisotopic (exact) mass is 272 g/mol. The van der Waals surface area contributed by atoms with Gasteiger partial charge in [0.15, 0.2) is 0 Å². The van der Waals surface area contributed by atoms with E-state index >= 15 is 0 Å². The molecule has 2 amide bonds. The maximum atomic E-state index is 12.7. The maximum Gasteiger partial charge on any atom is 0.269 e. The molecule has 0 bridgehead atoms. The smallest absolute Gasteiger partial charge is 0.269 e. The van der Waals surface area contributed by atoms with Gasteiger partial charge in [-0.15, -0.1) is 0 Å². The molecule has 0 aromatic heterocycles. The van der Waals surface area contributed by atoms with Crippen LogP contribution < -0.4 is 10.9 Å². The molecule has 0 saturated carbocycles. The standard InChI is InChI=1S/C15H13FN2O2/c16-13-8-6-11(7-9-13)10-14(19)17-18-15(20)12-4-2-1-3-5-12/h1-9H,10H2,(H,17,19)(H,18,20). The molecule has 0 atom stereocenters. The van der Waals surface area contributed by atoms with Crippen LogP contribution in [0, 0.1) is 5.82 Å². The Morgan fingerprint density at radius 3 is 2.20 bits per heavy atom. The van der Waals surface area contributed by atoms with E-state index < -0.39 is 5.91 Å². The van der Waals surface area contributed by atoms with Gasteiger partial charge in [-0.3, -0.25) is 20.4 Å². The van der Waals surface area contributed by atoms with Crippen molar-refractivity contribution >= 4 is 11.8 Å². The molecule has 0 radical (unpaired) electrons. The highest BCUT2D eigenvalue weighted by molar-refractivity contribution is 5.95. The van der Waals surface area contributed by atoms with Crippen LogP contribution in [0.4, 0.5) is 4.39 Å². The summed E-state index contributed by atoms with van der Waals surface area (Å²) in [7, 11) is 0. The molecule has 2 aromatic rings. The molecule has 102 valence electrons. The highest BCUT2D eigenvalue weighted by Gasteiger charge is 2.07. The van der Waals surface area contributed by atoms with Gasteiger partial charge in [0.1, 0.15) is 5.82 Å². The van der Waals surface area contributed by atoms with Crippen molar-refractivity contribution in [3.63, 3.8) is 0 Å². The van der Waals surface area contributed by atoms with Crippen LogP contribution >= 0.6 is 0 Å². The Hall–Kier alpha value is -2.69. The summed E-state index contributed by atoms with van der Waals surface area (Å²) in [4.78, 5) is 23.3. The Kier molecular flexibility index (Phi) is 4.44. The molecule has 5 heteroatoms. The minimum Gasteiger partial charge on any atom is -0.273 e.